The van der Waals surface area contributed by atoms with Crippen LogP contribution in [0.2, 0.25) is 0 Å². The highest BCUT2D eigenvalue weighted by Gasteiger charge is 2.39. The quantitative estimate of drug-likeness (QED) is 0.650. The second-order valence-electron chi connectivity index (χ2n) is 9.25. The van der Waals surface area contributed by atoms with Gasteiger partial charge in [0.05, 0.1) is 0 Å². The van der Waals surface area contributed by atoms with Gasteiger partial charge in [0.1, 0.15) is 18.2 Å². The van der Waals surface area contributed by atoms with E-state index in [4.69, 9.17) is 4.74 Å². The van der Waals surface area contributed by atoms with Crippen molar-refractivity contribution in [3.8, 4) is 0 Å². The van der Waals surface area contributed by atoms with Crippen LogP contribution < -0.4 is 5.32 Å². The molecule has 176 valence electrons. The van der Waals surface area contributed by atoms with Gasteiger partial charge in [0, 0.05) is 30.8 Å². The molecule has 2 aliphatic rings. The zero-order valence-electron chi connectivity index (χ0n) is 19.0. The monoisotopic (exact) mass is 452 g/mol. The highest BCUT2D eigenvalue weighted by Crippen LogP contribution is 2.32. The molecule has 1 unspecified atom stereocenters. The summed E-state index contributed by atoms with van der Waals surface area (Å²) < 4.78 is 18.9. The number of nitrogens with one attached hydrogen (secondary N) is 1. The van der Waals surface area contributed by atoms with Crippen molar-refractivity contribution in [2.24, 2.45) is 5.92 Å². The molecule has 1 aliphatic heterocycles. The van der Waals surface area contributed by atoms with Crippen molar-refractivity contribution in [3.63, 3.8) is 0 Å². The number of carbonyl (C=O) groups excluding carboxylic acids is 2. The zero-order chi connectivity index (χ0) is 23.0. The second-order valence-corrected chi connectivity index (χ2v) is 9.25. The predicted octanol–water partition coefficient (Wildman–Crippen LogP) is 4.89. The van der Waals surface area contributed by atoms with Crippen molar-refractivity contribution in [1.29, 1.82) is 0 Å². The summed E-state index contributed by atoms with van der Waals surface area (Å²) in [7, 11) is 0. The standard InChI is InChI=1S/C27H33FN2O3/c28-22-11-9-20(10-12-22)17-26(30-15-5-2-6-16-30)24-18-23(31)13-14-25(24)29-27(32)33-19-21-7-3-1-4-8-21/h1,3-4,7-12,24-26H,2,5-6,13-19H2,(H,29,32)/t24-,25+,26?/m0/s1. The number of carbonyl (C=O) groups is 2. The minimum Gasteiger partial charge on any atom is -0.445 e. The van der Waals surface area contributed by atoms with Gasteiger partial charge in [-0.15, -0.1) is 0 Å². The van der Waals surface area contributed by atoms with Gasteiger partial charge in [0.2, 0.25) is 0 Å². The van der Waals surface area contributed by atoms with E-state index in [0.717, 1.165) is 43.5 Å². The molecule has 5 nitrogen and oxygen atoms in total. The van der Waals surface area contributed by atoms with Crippen LogP contribution in [-0.4, -0.2) is 41.9 Å². The van der Waals surface area contributed by atoms with E-state index < -0.39 is 6.09 Å². The van der Waals surface area contributed by atoms with Crippen molar-refractivity contribution in [3.05, 3.63) is 71.5 Å². The predicted molar refractivity (Wildman–Crippen MR) is 125 cm³/mol. The lowest BCUT2D eigenvalue weighted by Gasteiger charge is -2.44. The normalized spacial score (nSPS) is 22.5. The lowest BCUT2D eigenvalue weighted by molar-refractivity contribution is -0.123. The maximum Gasteiger partial charge on any atom is 0.407 e. The Morgan fingerprint density at radius 1 is 1.03 bits per heavy atom. The molecule has 0 bridgehead atoms. The average Bonchev–Trinajstić information content (AvgIpc) is 2.85. The van der Waals surface area contributed by atoms with E-state index in [1.54, 1.807) is 0 Å². The third kappa shape index (κ3) is 6.64. The summed E-state index contributed by atoms with van der Waals surface area (Å²) in [6.07, 6.45) is 5.33. The van der Waals surface area contributed by atoms with Crippen LogP contribution in [0.1, 0.15) is 49.7 Å². The summed E-state index contributed by atoms with van der Waals surface area (Å²) in [6.45, 7) is 2.19. The third-order valence-electron chi connectivity index (χ3n) is 6.94. The molecule has 2 fully saturated rings. The van der Waals surface area contributed by atoms with Crippen LogP contribution >= 0.6 is 0 Å². The molecule has 2 aromatic carbocycles. The van der Waals surface area contributed by atoms with Gasteiger partial charge in [-0.3, -0.25) is 9.69 Å². The lowest BCUT2D eigenvalue weighted by Crippen LogP contribution is -2.55. The van der Waals surface area contributed by atoms with E-state index in [1.165, 1.54) is 18.6 Å². The summed E-state index contributed by atoms with van der Waals surface area (Å²) >= 11 is 0. The van der Waals surface area contributed by atoms with Crippen molar-refractivity contribution >= 4 is 11.9 Å². The molecular formula is C27H33FN2O3. The third-order valence-corrected chi connectivity index (χ3v) is 6.94. The fourth-order valence-electron chi connectivity index (χ4n) is 5.20. The molecule has 0 radical (unpaired) electrons. The summed E-state index contributed by atoms with van der Waals surface area (Å²) in [5, 5.41) is 3.07. The minimum absolute atomic E-state index is 0.00122. The molecule has 2 aromatic rings. The van der Waals surface area contributed by atoms with Crippen LogP contribution in [0.15, 0.2) is 54.6 Å². The van der Waals surface area contributed by atoms with E-state index in [1.807, 2.05) is 42.5 Å². The first-order valence-electron chi connectivity index (χ1n) is 12.1. The molecule has 4 rings (SSSR count). The van der Waals surface area contributed by atoms with Crippen LogP contribution in [0.5, 0.6) is 0 Å². The Morgan fingerprint density at radius 2 is 1.76 bits per heavy atom. The van der Waals surface area contributed by atoms with Gasteiger partial charge in [-0.25, -0.2) is 9.18 Å². The number of halogens is 1. The lowest BCUT2D eigenvalue weighted by atomic mass is 9.76. The first-order chi connectivity index (χ1) is 16.1. The number of alkyl carbamates (subject to hydrolysis) is 1. The second kappa shape index (κ2) is 11.4. The SMILES string of the molecule is O=C1CC[C@@H](NC(=O)OCc2ccccc2)[C@@H](C(Cc2ccc(F)cc2)N2CCCCC2)C1. The van der Waals surface area contributed by atoms with Gasteiger partial charge in [-0.2, -0.15) is 0 Å². The van der Waals surface area contributed by atoms with E-state index in [2.05, 4.69) is 10.2 Å². The molecule has 1 saturated heterocycles. The van der Waals surface area contributed by atoms with Crippen molar-refractivity contribution in [2.75, 3.05) is 13.1 Å². The number of ketones is 1. The molecule has 33 heavy (non-hydrogen) atoms. The Balaban J connectivity index is 1.48. The molecule has 1 saturated carbocycles. The molecule has 1 heterocycles. The zero-order valence-corrected chi connectivity index (χ0v) is 19.0. The van der Waals surface area contributed by atoms with Crippen molar-refractivity contribution in [2.45, 2.75) is 63.6 Å². The van der Waals surface area contributed by atoms with Gasteiger partial charge in [-0.05, 0) is 62.0 Å². The number of rotatable bonds is 7. The van der Waals surface area contributed by atoms with E-state index >= 15 is 0 Å². The number of nitrogens with zero attached hydrogens (tertiary/aromatic N) is 1. The van der Waals surface area contributed by atoms with Crippen molar-refractivity contribution < 1.29 is 18.7 Å². The van der Waals surface area contributed by atoms with Crippen LogP contribution in [0.25, 0.3) is 0 Å². The maximum absolute atomic E-state index is 13.5. The Morgan fingerprint density at radius 3 is 2.48 bits per heavy atom. The van der Waals surface area contributed by atoms with E-state index in [0.29, 0.717) is 19.3 Å². The van der Waals surface area contributed by atoms with Crippen LogP contribution in [0.3, 0.4) is 0 Å². The van der Waals surface area contributed by atoms with E-state index in [-0.39, 0.29) is 36.2 Å². The van der Waals surface area contributed by atoms with E-state index in [9.17, 15) is 14.0 Å². The summed E-state index contributed by atoms with van der Waals surface area (Å²) in [5.74, 6) is -0.00248. The maximum atomic E-state index is 13.5. The molecule has 0 spiro atoms. The Hall–Kier alpha value is -2.73. The Bertz CT molecular complexity index is 913. The smallest absolute Gasteiger partial charge is 0.407 e. The van der Waals surface area contributed by atoms with Gasteiger partial charge < -0.3 is 10.1 Å². The molecular weight excluding hydrogens is 419 g/mol. The fraction of sp³-hybridized carbons (Fsp3) is 0.481. The minimum atomic E-state index is -0.442. The summed E-state index contributed by atoms with van der Waals surface area (Å²) in [5.41, 5.74) is 1.99. The van der Waals surface area contributed by atoms with Crippen molar-refractivity contribution in [1.82, 2.24) is 10.2 Å². The number of hydrogen-bond donors (Lipinski definition) is 1. The first-order valence-corrected chi connectivity index (χ1v) is 12.1. The highest BCUT2D eigenvalue weighted by atomic mass is 19.1. The highest BCUT2D eigenvalue weighted by molar-refractivity contribution is 5.80. The Kier molecular flexibility index (Phi) is 8.10. The van der Waals surface area contributed by atoms with Gasteiger partial charge in [-0.1, -0.05) is 48.9 Å². The van der Waals surface area contributed by atoms with Crippen LogP contribution in [0, 0.1) is 11.7 Å². The summed E-state index contributed by atoms with van der Waals surface area (Å²) in [6, 6.07) is 16.2. The fourth-order valence-corrected chi connectivity index (χ4v) is 5.20. The number of likely N-dealkylation sites (tertiary alicyclic amines) is 1. The number of hydrogen-bond acceptors (Lipinski definition) is 4. The van der Waals surface area contributed by atoms with Crippen LogP contribution in [-0.2, 0) is 22.6 Å². The number of amides is 1. The first kappa shape index (κ1) is 23.4. The molecule has 3 atom stereocenters. The molecule has 1 aliphatic carbocycles. The van der Waals surface area contributed by atoms with Gasteiger partial charge >= 0.3 is 6.09 Å². The topological polar surface area (TPSA) is 58.6 Å². The molecule has 6 heteroatoms. The number of piperidine rings is 1. The molecule has 1 amide bonds. The number of benzene rings is 2. The molecule has 0 aromatic heterocycles. The number of Topliss-reactive ketones (excluding diaryl/α,β-unsaturated/α-hetero) is 1. The molecule has 1 N–H and O–H groups in total. The summed E-state index contributed by atoms with van der Waals surface area (Å²) in [4.78, 5) is 27.6. The Labute approximate surface area is 195 Å². The number of ether oxygens (including phenoxy) is 1. The largest absolute Gasteiger partial charge is 0.445 e. The van der Waals surface area contributed by atoms with Crippen LogP contribution in [0.4, 0.5) is 9.18 Å². The average molecular weight is 453 g/mol. The van der Waals surface area contributed by atoms with Gasteiger partial charge in [0.15, 0.2) is 0 Å². The van der Waals surface area contributed by atoms with Gasteiger partial charge in [0.25, 0.3) is 0 Å².